The molecule has 3 aromatic heterocycles. The van der Waals surface area contributed by atoms with Crippen molar-refractivity contribution in [1.82, 2.24) is 24.5 Å². The average Bonchev–Trinajstić information content (AvgIpc) is 3.36. The van der Waals surface area contributed by atoms with Gasteiger partial charge in [0.25, 0.3) is 0 Å². The number of nitrogens with zero attached hydrogens (tertiary/aromatic N) is 7. The number of anilines is 1. The fourth-order valence-electron chi connectivity index (χ4n) is 5.37. The van der Waals surface area contributed by atoms with Crippen LogP contribution in [-0.2, 0) is 14.3 Å². The molecule has 0 unspecified atom stereocenters. The Bertz CT molecular complexity index is 1390. The molecule has 0 bridgehead atoms. The zero-order chi connectivity index (χ0) is 29.0. The molecule has 0 aromatic carbocycles. The quantitative estimate of drug-likeness (QED) is 0.377. The van der Waals surface area contributed by atoms with Crippen molar-refractivity contribution in [1.29, 1.82) is 5.26 Å². The predicted molar refractivity (Wildman–Crippen MR) is 154 cm³/mol. The summed E-state index contributed by atoms with van der Waals surface area (Å²) in [5.74, 6) is 1.29. The molecule has 5 heterocycles. The highest BCUT2D eigenvalue weighted by atomic mass is 16.6. The summed E-state index contributed by atoms with van der Waals surface area (Å²) >= 11 is 0. The number of carbonyl (C=O) groups is 1. The van der Waals surface area contributed by atoms with Crippen molar-refractivity contribution in [2.24, 2.45) is 5.41 Å². The summed E-state index contributed by atoms with van der Waals surface area (Å²) in [7, 11) is 0. The Morgan fingerprint density at radius 2 is 1.88 bits per heavy atom. The fraction of sp³-hybridized carbons (Fsp3) is 0.567. The molecule has 0 spiro atoms. The maximum absolute atomic E-state index is 12.4. The lowest BCUT2D eigenvalue weighted by Crippen LogP contribution is -2.41. The van der Waals surface area contributed by atoms with Crippen molar-refractivity contribution in [2.45, 2.75) is 52.6 Å². The maximum Gasteiger partial charge on any atom is 0.306 e. The molecule has 2 aliphatic rings. The van der Waals surface area contributed by atoms with E-state index in [9.17, 15) is 10.1 Å². The molecule has 0 N–H and O–H groups in total. The van der Waals surface area contributed by atoms with Gasteiger partial charge in [-0.15, -0.1) is 0 Å². The molecule has 2 aliphatic heterocycles. The zero-order valence-electron chi connectivity index (χ0n) is 24.4. The van der Waals surface area contributed by atoms with E-state index in [0.29, 0.717) is 35.6 Å². The molecule has 0 saturated carbocycles. The molecule has 2 fully saturated rings. The first-order valence-corrected chi connectivity index (χ1v) is 14.3. The molecule has 11 nitrogen and oxygen atoms in total. The molecule has 0 radical (unpaired) electrons. The van der Waals surface area contributed by atoms with Crippen molar-refractivity contribution in [3.05, 3.63) is 36.4 Å². The van der Waals surface area contributed by atoms with Gasteiger partial charge in [-0.2, -0.15) is 10.4 Å². The number of ether oxygens (including phenoxy) is 3. The Morgan fingerprint density at radius 3 is 2.54 bits per heavy atom. The van der Waals surface area contributed by atoms with Crippen LogP contribution >= 0.6 is 0 Å². The topological polar surface area (TPSA) is 118 Å². The second-order valence-electron chi connectivity index (χ2n) is 12.2. The molecule has 0 aliphatic carbocycles. The number of fused-ring (bicyclic) bond motifs is 1. The molecule has 2 saturated heterocycles. The van der Waals surface area contributed by atoms with Crippen LogP contribution in [0.2, 0.25) is 0 Å². The number of hydrogen-bond donors (Lipinski definition) is 0. The molecule has 218 valence electrons. The van der Waals surface area contributed by atoms with Crippen molar-refractivity contribution in [3.8, 4) is 23.1 Å². The molecule has 0 atom stereocenters. The third kappa shape index (κ3) is 7.13. The van der Waals surface area contributed by atoms with E-state index >= 15 is 0 Å². The fourth-order valence-corrected chi connectivity index (χ4v) is 5.37. The van der Waals surface area contributed by atoms with E-state index < -0.39 is 5.60 Å². The average molecular weight is 562 g/mol. The lowest BCUT2D eigenvalue weighted by Gasteiger charge is -2.39. The van der Waals surface area contributed by atoms with Crippen LogP contribution in [0.15, 0.2) is 30.9 Å². The summed E-state index contributed by atoms with van der Waals surface area (Å²) in [4.78, 5) is 26.4. The zero-order valence-corrected chi connectivity index (χ0v) is 24.4. The van der Waals surface area contributed by atoms with E-state index in [2.05, 4.69) is 27.9 Å². The lowest BCUT2D eigenvalue weighted by molar-refractivity contribution is -0.157. The molecule has 11 heteroatoms. The lowest BCUT2D eigenvalue weighted by atomic mass is 9.77. The minimum absolute atomic E-state index is 0.101. The van der Waals surface area contributed by atoms with Crippen LogP contribution in [0.4, 0.5) is 5.82 Å². The Labute approximate surface area is 241 Å². The van der Waals surface area contributed by atoms with Crippen LogP contribution in [0.3, 0.4) is 0 Å². The van der Waals surface area contributed by atoms with Crippen LogP contribution in [0.25, 0.3) is 16.8 Å². The molecule has 5 rings (SSSR count). The number of morpholine rings is 1. The Hall–Kier alpha value is -3.75. The second-order valence-corrected chi connectivity index (χ2v) is 12.2. The van der Waals surface area contributed by atoms with E-state index in [4.69, 9.17) is 24.2 Å². The number of hydrogen-bond acceptors (Lipinski definition) is 10. The van der Waals surface area contributed by atoms with Crippen LogP contribution < -0.4 is 9.64 Å². The van der Waals surface area contributed by atoms with Gasteiger partial charge < -0.3 is 19.1 Å². The van der Waals surface area contributed by atoms with Gasteiger partial charge in [0.2, 0.25) is 0 Å². The van der Waals surface area contributed by atoms with E-state index in [1.165, 1.54) is 0 Å². The number of esters is 1. The number of rotatable bonds is 8. The van der Waals surface area contributed by atoms with Crippen molar-refractivity contribution >= 4 is 17.3 Å². The highest BCUT2D eigenvalue weighted by Gasteiger charge is 2.34. The van der Waals surface area contributed by atoms with E-state index in [1.807, 2.05) is 26.8 Å². The monoisotopic (exact) mass is 561 g/mol. The summed E-state index contributed by atoms with van der Waals surface area (Å²) < 4.78 is 18.7. The predicted octanol–water partition coefficient (Wildman–Crippen LogP) is 3.71. The number of nitriles is 1. The Morgan fingerprint density at radius 1 is 1.12 bits per heavy atom. The van der Waals surface area contributed by atoms with Gasteiger partial charge in [0.15, 0.2) is 0 Å². The normalized spacial score (nSPS) is 17.8. The minimum Gasteiger partial charge on any atom is -0.491 e. The first-order valence-electron chi connectivity index (χ1n) is 14.3. The van der Waals surface area contributed by atoms with Gasteiger partial charge in [-0.1, -0.05) is 6.92 Å². The van der Waals surface area contributed by atoms with E-state index in [1.54, 1.807) is 29.3 Å². The van der Waals surface area contributed by atoms with Gasteiger partial charge in [-0.05, 0) is 45.1 Å². The van der Waals surface area contributed by atoms with Crippen LogP contribution in [0, 0.1) is 16.7 Å². The van der Waals surface area contributed by atoms with Gasteiger partial charge in [0.05, 0.1) is 61.2 Å². The van der Waals surface area contributed by atoms with Crippen LogP contribution in [-0.4, -0.2) is 88.6 Å². The largest absolute Gasteiger partial charge is 0.491 e. The van der Waals surface area contributed by atoms with Crippen molar-refractivity contribution < 1.29 is 19.0 Å². The molecule has 3 aromatic rings. The first-order chi connectivity index (χ1) is 19.6. The maximum atomic E-state index is 12.4. The summed E-state index contributed by atoms with van der Waals surface area (Å²) in [5.41, 5.74) is 1.94. The van der Waals surface area contributed by atoms with E-state index in [0.717, 1.165) is 70.2 Å². The van der Waals surface area contributed by atoms with Gasteiger partial charge in [-0.3, -0.25) is 14.7 Å². The van der Waals surface area contributed by atoms with Crippen molar-refractivity contribution in [3.63, 3.8) is 0 Å². The van der Waals surface area contributed by atoms with Crippen LogP contribution in [0.1, 0.15) is 52.5 Å². The van der Waals surface area contributed by atoms with Gasteiger partial charge in [0, 0.05) is 38.3 Å². The third-order valence-corrected chi connectivity index (χ3v) is 7.69. The second kappa shape index (κ2) is 12.0. The highest BCUT2D eigenvalue weighted by molar-refractivity contribution is 5.83. The molecular weight excluding hydrogens is 522 g/mol. The summed E-state index contributed by atoms with van der Waals surface area (Å²) in [6.45, 7) is 14.0. The first kappa shape index (κ1) is 28.8. The van der Waals surface area contributed by atoms with Crippen molar-refractivity contribution in [2.75, 3.05) is 57.4 Å². The standard InChI is InChI=1S/C30H39N7O4/c1-29(2,3)41-27(38)16-30(4)5-7-36(8-6-30)26-20-32-25(19-33-26)24-15-23(21-37-28(24)22(17-31)18-34-37)40-14-11-35-9-12-39-13-10-35/h15,18-21H,5-14,16H2,1-4H3. The Balaban J connectivity index is 1.27. The molecule has 0 amide bonds. The van der Waals surface area contributed by atoms with Gasteiger partial charge in [-0.25, -0.2) is 9.50 Å². The van der Waals surface area contributed by atoms with Crippen LogP contribution in [0.5, 0.6) is 5.75 Å². The summed E-state index contributed by atoms with van der Waals surface area (Å²) in [5, 5.41) is 14.1. The number of piperidine rings is 1. The molecular formula is C30H39N7O4. The van der Waals surface area contributed by atoms with Gasteiger partial charge >= 0.3 is 5.97 Å². The Kier molecular flexibility index (Phi) is 8.42. The number of pyridine rings is 1. The van der Waals surface area contributed by atoms with Gasteiger partial charge in [0.1, 0.15) is 29.8 Å². The smallest absolute Gasteiger partial charge is 0.306 e. The highest BCUT2D eigenvalue weighted by Crippen LogP contribution is 2.37. The minimum atomic E-state index is -0.476. The molecule has 41 heavy (non-hydrogen) atoms. The number of carbonyl (C=O) groups excluding carboxylic acids is 1. The SMILES string of the molecule is CC1(CC(=O)OC(C)(C)C)CCN(c2cnc(-c3cc(OCCN4CCOCC4)cn4ncc(C#N)c34)cn2)CC1. The van der Waals surface area contributed by atoms with E-state index in [-0.39, 0.29) is 11.4 Å². The number of aromatic nitrogens is 4. The summed E-state index contributed by atoms with van der Waals surface area (Å²) in [6, 6.07) is 4.14. The third-order valence-electron chi connectivity index (χ3n) is 7.69. The summed E-state index contributed by atoms with van der Waals surface area (Å²) in [6.07, 6.45) is 9.00.